The van der Waals surface area contributed by atoms with Crippen LogP contribution in [-0.4, -0.2) is 19.3 Å². The molecule has 1 fully saturated rings. The molecule has 1 aromatic carbocycles. The second-order valence-corrected chi connectivity index (χ2v) is 5.09. The maximum atomic E-state index is 5.92. The molecule has 1 aliphatic rings. The van der Waals surface area contributed by atoms with Crippen LogP contribution in [0.2, 0.25) is 0 Å². The fourth-order valence-corrected chi connectivity index (χ4v) is 2.30. The van der Waals surface area contributed by atoms with Gasteiger partial charge in [-0.15, -0.1) is 6.58 Å². The summed E-state index contributed by atoms with van der Waals surface area (Å²) in [6.45, 7) is 7.27. The zero-order valence-electron chi connectivity index (χ0n) is 11.6. The highest BCUT2D eigenvalue weighted by Gasteiger charge is 2.16. The highest BCUT2D eigenvalue weighted by Crippen LogP contribution is 2.24. The Balaban J connectivity index is 2.06. The standard InChI is InChI=1S/C16H23NO2/c1-3-5-14-10-13(12(2)17)7-8-16(14)19-11-15-6-4-9-18-15/h3,7-8,10,12,15H,1,4-6,9,11,17H2,2H3. The van der Waals surface area contributed by atoms with Gasteiger partial charge in [0.2, 0.25) is 0 Å². The molecule has 2 unspecified atom stereocenters. The number of allylic oxidation sites excluding steroid dienone is 1. The molecule has 0 saturated carbocycles. The van der Waals surface area contributed by atoms with Gasteiger partial charge in [-0.1, -0.05) is 18.2 Å². The predicted molar refractivity (Wildman–Crippen MR) is 77.4 cm³/mol. The van der Waals surface area contributed by atoms with Crippen molar-refractivity contribution in [3.05, 3.63) is 42.0 Å². The first kappa shape index (κ1) is 14.1. The van der Waals surface area contributed by atoms with Gasteiger partial charge in [-0.05, 0) is 43.4 Å². The molecule has 0 aliphatic carbocycles. The molecule has 1 aliphatic heterocycles. The molecule has 0 amide bonds. The molecule has 19 heavy (non-hydrogen) atoms. The molecule has 0 spiro atoms. The molecule has 104 valence electrons. The first-order valence-corrected chi connectivity index (χ1v) is 6.94. The fourth-order valence-electron chi connectivity index (χ4n) is 2.30. The molecular weight excluding hydrogens is 238 g/mol. The smallest absolute Gasteiger partial charge is 0.122 e. The third-order valence-corrected chi connectivity index (χ3v) is 3.42. The quantitative estimate of drug-likeness (QED) is 0.801. The Morgan fingerprint density at radius 3 is 3.05 bits per heavy atom. The molecule has 3 nitrogen and oxygen atoms in total. The van der Waals surface area contributed by atoms with E-state index in [1.54, 1.807) is 0 Å². The zero-order valence-corrected chi connectivity index (χ0v) is 11.6. The lowest BCUT2D eigenvalue weighted by Gasteiger charge is -2.16. The zero-order chi connectivity index (χ0) is 13.7. The Kier molecular flexibility index (Phi) is 5.00. The van der Waals surface area contributed by atoms with E-state index >= 15 is 0 Å². The maximum Gasteiger partial charge on any atom is 0.122 e. The minimum atomic E-state index is 0.0378. The lowest BCUT2D eigenvalue weighted by molar-refractivity contribution is 0.0676. The van der Waals surface area contributed by atoms with Gasteiger partial charge in [0.15, 0.2) is 0 Å². The van der Waals surface area contributed by atoms with Gasteiger partial charge in [-0.3, -0.25) is 0 Å². The molecule has 0 bridgehead atoms. The van der Waals surface area contributed by atoms with Crippen molar-refractivity contribution in [3.63, 3.8) is 0 Å². The van der Waals surface area contributed by atoms with Crippen LogP contribution in [0.4, 0.5) is 0 Å². The SMILES string of the molecule is C=CCc1cc(C(C)N)ccc1OCC1CCCO1. The van der Waals surface area contributed by atoms with E-state index in [1.165, 1.54) is 0 Å². The Bertz CT molecular complexity index is 423. The van der Waals surface area contributed by atoms with E-state index in [0.29, 0.717) is 6.61 Å². The van der Waals surface area contributed by atoms with Gasteiger partial charge in [-0.2, -0.15) is 0 Å². The molecule has 0 aromatic heterocycles. The summed E-state index contributed by atoms with van der Waals surface area (Å²) < 4.78 is 11.5. The number of nitrogens with two attached hydrogens (primary N) is 1. The summed E-state index contributed by atoms with van der Waals surface area (Å²) in [6, 6.07) is 6.18. The molecule has 1 aromatic rings. The van der Waals surface area contributed by atoms with Crippen LogP contribution in [0.1, 0.15) is 36.9 Å². The minimum absolute atomic E-state index is 0.0378. The number of rotatable bonds is 6. The molecule has 0 radical (unpaired) electrons. The van der Waals surface area contributed by atoms with Crippen molar-refractivity contribution in [2.75, 3.05) is 13.2 Å². The number of hydrogen-bond donors (Lipinski definition) is 1. The van der Waals surface area contributed by atoms with Crippen molar-refractivity contribution < 1.29 is 9.47 Å². The van der Waals surface area contributed by atoms with Crippen LogP contribution < -0.4 is 10.5 Å². The van der Waals surface area contributed by atoms with Gasteiger partial charge in [0, 0.05) is 12.6 Å². The molecule has 2 atom stereocenters. The largest absolute Gasteiger partial charge is 0.491 e. The number of benzene rings is 1. The molecule has 3 heteroatoms. The van der Waals surface area contributed by atoms with Gasteiger partial charge >= 0.3 is 0 Å². The van der Waals surface area contributed by atoms with Crippen molar-refractivity contribution in [2.24, 2.45) is 5.73 Å². The van der Waals surface area contributed by atoms with Crippen LogP contribution in [-0.2, 0) is 11.2 Å². The van der Waals surface area contributed by atoms with Crippen LogP contribution in [0.25, 0.3) is 0 Å². The summed E-state index contributed by atoms with van der Waals surface area (Å²) in [5.74, 6) is 0.916. The lowest BCUT2D eigenvalue weighted by atomic mass is 10.0. The van der Waals surface area contributed by atoms with Crippen molar-refractivity contribution in [2.45, 2.75) is 38.3 Å². The summed E-state index contributed by atoms with van der Waals surface area (Å²) in [5, 5.41) is 0. The summed E-state index contributed by atoms with van der Waals surface area (Å²) >= 11 is 0. The molecule has 2 N–H and O–H groups in total. The Morgan fingerprint density at radius 2 is 2.42 bits per heavy atom. The second-order valence-electron chi connectivity index (χ2n) is 5.09. The molecule has 2 rings (SSSR count). The van der Waals surface area contributed by atoms with Crippen LogP contribution in [0.3, 0.4) is 0 Å². The summed E-state index contributed by atoms with van der Waals surface area (Å²) in [6.07, 6.45) is 5.15. The van der Waals surface area contributed by atoms with Crippen molar-refractivity contribution in [3.8, 4) is 5.75 Å². The third-order valence-electron chi connectivity index (χ3n) is 3.42. The van der Waals surface area contributed by atoms with E-state index in [1.807, 2.05) is 25.1 Å². The van der Waals surface area contributed by atoms with Gasteiger partial charge in [-0.25, -0.2) is 0 Å². The van der Waals surface area contributed by atoms with Gasteiger partial charge < -0.3 is 15.2 Å². The molecular formula is C16H23NO2. The van der Waals surface area contributed by atoms with E-state index in [4.69, 9.17) is 15.2 Å². The van der Waals surface area contributed by atoms with Gasteiger partial charge in [0.1, 0.15) is 12.4 Å². The topological polar surface area (TPSA) is 44.5 Å². The monoisotopic (exact) mass is 261 g/mol. The Labute approximate surface area is 115 Å². The molecule has 1 saturated heterocycles. The van der Waals surface area contributed by atoms with E-state index in [9.17, 15) is 0 Å². The van der Waals surface area contributed by atoms with Crippen molar-refractivity contribution >= 4 is 0 Å². The summed E-state index contributed by atoms with van der Waals surface area (Å²) in [4.78, 5) is 0. The maximum absolute atomic E-state index is 5.92. The summed E-state index contributed by atoms with van der Waals surface area (Å²) in [7, 11) is 0. The third kappa shape index (κ3) is 3.82. The van der Waals surface area contributed by atoms with E-state index in [0.717, 1.165) is 42.7 Å². The van der Waals surface area contributed by atoms with Gasteiger partial charge in [0.05, 0.1) is 6.10 Å². The van der Waals surface area contributed by atoms with Crippen molar-refractivity contribution in [1.82, 2.24) is 0 Å². The highest BCUT2D eigenvalue weighted by molar-refractivity contribution is 5.39. The van der Waals surface area contributed by atoms with Crippen LogP contribution in [0, 0.1) is 0 Å². The number of ether oxygens (including phenoxy) is 2. The van der Waals surface area contributed by atoms with E-state index in [-0.39, 0.29) is 12.1 Å². The summed E-state index contributed by atoms with van der Waals surface area (Å²) in [5.41, 5.74) is 8.18. The fraction of sp³-hybridized carbons (Fsp3) is 0.500. The first-order chi connectivity index (χ1) is 9.20. The van der Waals surface area contributed by atoms with Gasteiger partial charge in [0.25, 0.3) is 0 Å². The molecule has 1 heterocycles. The van der Waals surface area contributed by atoms with Crippen molar-refractivity contribution in [1.29, 1.82) is 0 Å². The normalized spacial score (nSPS) is 20.2. The van der Waals surface area contributed by atoms with Crippen LogP contribution in [0.5, 0.6) is 5.75 Å². The first-order valence-electron chi connectivity index (χ1n) is 6.94. The highest BCUT2D eigenvalue weighted by atomic mass is 16.5. The van der Waals surface area contributed by atoms with Crippen LogP contribution >= 0.6 is 0 Å². The Hall–Kier alpha value is -1.32. The number of hydrogen-bond acceptors (Lipinski definition) is 3. The predicted octanol–water partition coefficient (Wildman–Crippen LogP) is 2.99. The average molecular weight is 261 g/mol. The lowest BCUT2D eigenvalue weighted by Crippen LogP contribution is -2.17. The van der Waals surface area contributed by atoms with E-state index < -0.39 is 0 Å². The average Bonchev–Trinajstić information content (AvgIpc) is 2.90. The van der Waals surface area contributed by atoms with Crippen LogP contribution in [0.15, 0.2) is 30.9 Å². The Morgan fingerprint density at radius 1 is 1.58 bits per heavy atom. The van der Waals surface area contributed by atoms with E-state index in [2.05, 4.69) is 12.6 Å². The minimum Gasteiger partial charge on any atom is -0.491 e. The second kappa shape index (κ2) is 6.73.